The minimum absolute atomic E-state index is 0.129. The highest BCUT2D eigenvalue weighted by Crippen LogP contribution is 2.12. The molecule has 3 aromatic rings. The molecule has 0 saturated heterocycles. The van der Waals surface area contributed by atoms with Gasteiger partial charge in [-0.1, -0.05) is 12.1 Å². The van der Waals surface area contributed by atoms with Crippen molar-refractivity contribution in [3.05, 3.63) is 75.1 Å². The minimum atomic E-state index is -0.129. The van der Waals surface area contributed by atoms with E-state index in [1.807, 2.05) is 39.1 Å². The maximum Gasteiger partial charge on any atom is 0.255 e. The van der Waals surface area contributed by atoms with Gasteiger partial charge >= 0.3 is 0 Å². The molecule has 146 valence electrons. The first-order chi connectivity index (χ1) is 13.5. The Balaban J connectivity index is 1.46. The quantitative estimate of drug-likeness (QED) is 0.522. The van der Waals surface area contributed by atoms with Crippen LogP contribution in [0.25, 0.3) is 0 Å². The molecule has 0 saturated carbocycles. The Morgan fingerprint density at radius 3 is 2.50 bits per heavy atom. The number of nitrogens with zero attached hydrogens (tertiary/aromatic N) is 3. The second kappa shape index (κ2) is 9.12. The van der Waals surface area contributed by atoms with E-state index < -0.39 is 0 Å². The summed E-state index contributed by atoms with van der Waals surface area (Å²) < 4.78 is 0. The van der Waals surface area contributed by atoms with Crippen molar-refractivity contribution < 1.29 is 0 Å². The van der Waals surface area contributed by atoms with Crippen molar-refractivity contribution >= 4 is 11.8 Å². The molecule has 3 rings (SSSR count). The summed E-state index contributed by atoms with van der Waals surface area (Å²) in [5, 5.41) is 6.48. The number of hydrogen-bond donors (Lipinski definition) is 3. The summed E-state index contributed by atoms with van der Waals surface area (Å²) >= 11 is 0. The Bertz CT molecular complexity index is 981. The number of anilines is 2. The Morgan fingerprint density at radius 2 is 1.79 bits per heavy atom. The van der Waals surface area contributed by atoms with Crippen LogP contribution < -0.4 is 16.2 Å². The molecule has 0 aliphatic rings. The third kappa shape index (κ3) is 5.39. The number of aryl methyl sites for hydroxylation is 3. The lowest BCUT2D eigenvalue weighted by atomic mass is 10.1. The van der Waals surface area contributed by atoms with Gasteiger partial charge in [-0.3, -0.25) is 14.8 Å². The second-order valence-electron chi connectivity index (χ2n) is 6.96. The van der Waals surface area contributed by atoms with E-state index in [4.69, 9.17) is 0 Å². The Kier molecular flexibility index (Phi) is 6.37. The van der Waals surface area contributed by atoms with Crippen LogP contribution in [-0.4, -0.2) is 33.0 Å². The summed E-state index contributed by atoms with van der Waals surface area (Å²) in [6, 6.07) is 6.02. The topological polar surface area (TPSA) is 95.6 Å². The third-order valence-corrected chi connectivity index (χ3v) is 4.39. The predicted molar refractivity (Wildman–Crippen MR) is 112 cm³/mol. The number of aromatic amines is 1. The molecule has 3 heterocycles. The fraction of sp³-hybridized carbons (Fsp3) is 0.333. The minimum Gasteiger partial charge on any atom is -0.370 e. The number of aromatic nitrogens is 4. The number of pyridine rings is 2. The van der Waals surface area contributed by atoms with Gasteiger partial charge in [-0.05, 0) is 49.9 Å². The lowest BCUT2D eigenvalue weighted by molar-refractivity contribution is 0.882. The zero-order chi connectivity index (χ0) is 19.9. The van der Waals surface area contributed by atoms with E-state index in [9.17, 15) is 4.79 Å². The van der Waals surface area contributed by atoms with Gasteiger partial charge in [0.15, 0.2) is 0 Å². The van der Waals surface area contributed by atoms with Crippen LogP contribution in [0.1, 0.15) is 34.4 Å². The van der Waals surface area contributed by atoms with Gasteiger partial charge in [0.1, 0.15) is 5.82 Å². The normalized spacial score (nSPS) is 10.7. The van der Waals surface area contributed by atoms with Gasteiger partial charge in [0, 0.05) is 49.4 Å². The lowest BCUT2D eigenvalue weighted by Crippen LogP contribution is -2.18. The van der Waals surface area contributed by atoms with Crippen LogP contribution in [0.5, 0.6) is 0 Å². The van der Waals surface area contributed by atoms with Crippen molar-refractivity contribution in [3.8, 4) is 0 Å². The highest BCUT2D eigenvalue weighted by molar-refractivity contribution is 5.44. The summed E-state index contributed by atoms with van der Waals surface area (Å²) in [7, 11) is 0. The van der Waals surface area contributed by atoms with E-state index in [2.05, 4.69) is 36.6 Å². The number of hydrogen-bond acceptors (Lipinski definition) is 6. The van der Waals surface area contributed by atoms with Gasteiger partial charge in [-0.2, -0.15) is 0 Å². The highest BCUT2D eigenvalue weighted by atomic mass is 16.1. The van der Waals surface area contributed by atoms with Crippen molar-refractivity contribution in [2.24, 2.45) is 0 Å². The maximum absolute atomic E-state index is 12.3. The van der Waals surface area contributed by atoms with Crippen LogP contribution in [0.4, 0.5) is 11.8 Å². The Labute approximate surface area is 164 Å². The number of nitrogens with one attached hydrogen (secondary N) is 3. The lowest BCUT2D eigenvalue weighted by Gasteiger charge is -2.10. The Morgan fingerprint density at radius 1 is 0.964 bits per heavy atom. The molecule has 0 atom stereocenters. The van der Waals surface area contributed by atoms with Crippen molar-refractivity contribution in [2.75, 3.05) is 23.7 Å². The average Bonchev–Trinajstić information content (AvgIpc) is 2.67. The SMILES string of the molecule is Cc1cnc(NCCCNc2ncc(Cc3ccc(C)nc3)c(=O)[nH]2)c(C)c1. The molecule has 0 aliphatic heterocycles. The second-order valence-corrected chi connectivity index (χ2v) is 6.96. The van der Waals surface area contributed by atoms with Crippen molar-refractivity contribution in [1.82, 2.24) is 19.9 Å². The van der Waals surface area contributed by atoms with Gasteiger partial charge in [-0.25, -0.2) is 9.97 Å². The molecule has 7 nitrogen and oxygen atoms in total. The molecule has 0 spiro atoms. The molecule has 0 bridgehead atoms. The Hall–Kier alpha value is -3.22. The van der Waals surface area contributed by atoms with Gasteiger partial charge in [0.05, 0.1) is 0 Å². The van der Waals surface area contributed by atoms with Gasteiger partial charge < -0.3 is 10.6 Å². The van der Waals surface area contributed by atoms with Crippen LogP contribution in [0, 0.1) is 20.8 Å². The van der Waals surface area contributed by atoms with Gasteiger partial charge in [-0.15, -0.1) is 0 Å². The first kappa shape index (κ1) is 19.5. The van der Waals surface area contributed by atoms with Crippen LogP contribution in [0.3, 0.4) is 0 Å². The maximum atomic E-state index is 12.3. The monoisotopic (exact) mass is 378 g/mol. The third-order valence-electron chi connectivity index (χ3n) is 4.39. The summed E-state index contributed by atoms with van der Waals surface area (Å²) in [6.45, 7) is 7.50. The van der Waals surface area contributed by atoms with Crippen LogP contribution in [0.15, 0.2) is 41.6 Å². The van der Waals surface area contributed by atoms with Gasteiger partial charge in [0.25, 0.3) is 5.56 Å². The first-order valence-electron chi connectivity index (χ1n) is 9.42. The van der Waals surface area contributed by atoms with Crippen LogP contribution in [-0.2, 0) is 6.42 Å². The van der Waals surface area contributed by atoms with E-state index >= 15 is 0 Å². The molecular weight excluding hydrogens is 352 g/mol. The molecule has 0 unspecified atom stereocenters. The molecular formula is C21H26N6O. The molecule has 0 aliphatic carbocycles. The zero-order valence-electron chi connectivity index (χ0n) is 16.5. The molecule has 0 radical (unpaired) electrons. The summed E-state index contributed by atoms with van der Waals surface area (Å²) in [5.41, 5.74) is 4.73. The number of H-pyrrole nitrogens is 1. The van der Waals surface area contributed by atoms with Gasteiger partial charge in [0.2, 0.25) is 5.95 Å². The van der Waals surface area contributed by atoms with Crippen molar-refractivity contribution in [2.45, 2.75) is 33.6 Å². The van der Waals surface area contributed by atoms with E-state index in [1.54, 1.807) is 12.4 Å². The summed E-state index contributed by atoms with van der Waals surface area (Å²) in [6.07, 6.45) is 6.66. The van der Waals surface area contributed by atoms with Crippen molar-refractivity contribution in [3.63, 3.8) is 0 Å². The van der Waals surface area contributed by atoms with E-state index in [0.29, 0.717) is 24.5 Å². The molecule has 0 amide bonds. The molecule has 3 aromatic heterocycles. The molecule has 3 N–H and O–H groups in total. The van der Waals surface area contributed by atoms with E-state index in [1.165, 1.54) is 0 Å². The summed E-state index contributed by atoms with van der Waals surface area (Å²) in [4.78, 5) is 28.0. The fourth-order valence-corrected chi connectivity index (χ4v) is 2.86. The molecule has 7 heteroatoms. The zero-order valence-corrected chi connectivity index (χ0v) is 16.5. The molecule has 0 aromatic carbocycles. The fourth-order valence-electron chi connectivity index (χ4n) is 2.86. The molecule has 0 fully saturated rings. The largest absolute Gasteiger partial charge is 0.370 e. The average molecular weight is 378 g/mol. The van der Waals surface area contributed by atoms with E-state index in [0.717, 1.165) is 41.2 Å². The van der Waals surface area contributed by atoms with Crippen LogP contribution in [0.2, 0.25) is 0 Å². The first-order valence-corrected chi connectivity index (χ1v) is 9.42. The molecule has 28 heavy (non-hydrogen) atoms. The standard InChI is InChI=1S/C21H26N6O/c1-14-9-15(2)19(25-11-14)22-7-4-8-23-21-26-13-18(20(28)27-21)10-17-6-5-16(3)24-12-17/h5-6,9,11-13H,4,7-8,10H2,1-3H3,(H,22,25)(H2,23,26,27,28). The predicted octanol–water partition coefficient (Wildman–Crippen LogP) is 2.99. The number of rotatable bonds is 8. The summed E-state index contributed by atoms with van der Waals surface area (Å²) in [5.74, 6) is 1.40. The van der Waals surface area contributed by atoms with E-state index in [-0.39, 0.29) is 5.56 Å². The smallest absolute Gasteiger partial charge is 0.255 e. The highest BCUT2D eigenvalue weighted by Gasteiger charge is 2.05. The van der Waals surface area contributed by atoms with Crippen molar-refractivity contribution in [1.29, 1.82) is 0 Å². The van der Waals surface area contributed by atoms with Crippen LogP contribution >= 0.6 is 0 Å².